The molecule has 1 aromatic carbocycles. The second kappa shape index (κ2) is 4.78. The molecule has 78 valence electrons. The Kier molecular flexibility index (Phi) is 3.93. The van der Waals surface area contributed by atoms with E-state index in [4.69, 9.17) is 17.3 Å². The Bertz CT molecular complexity index is 314. The van der Waals surface area contributed by atoms with Crippen molar-refractivity contribution in [1.29, 1.82) is 0 Å². The lowest BCUT2D eigenvalue weighted by atomic mass is 10.00. The predicted molar refractivity (Wildman–Crippen MR) is 59.4 cm³/mol. The van der Waals surface area contributed by atoms with E-state index in [0.29, 0.717) is 11.4 Å². The Morgan fingerprint density at radius 1 is 1.50 bits per heavy atom. The number of halogens is 1. The van der Waals surface area contributed by atoms with Crippen molar-refractivity contribution in [3.8, 4) is 0 Å². The van der Waals surface area contributed by atoms with Crippen LogP contribution < -0.4 is 5.73 Å². The minimum absolute atomic E-state index is 0.349. The third kappa shape index (κ3) is 2.47. The molecule has 0 spiro atoms. The van der Waals surface area contributed by atoms with Crippen molar-refractivity contribution in [2.24, 2.45) is 5.73 Å². The van der Waals surface area contributed by atoms with Crippen molar-refractivity contribution < 1.29 is 5.11 Å². The third-order valence-corrected chi connectivity index (χ3v) is 2.82. The van der Waals surface area contributed by atoms with Crippen LogP contribution in [0.25, 0.3) is 0 Å². The lowest BCUT2D eigenvalue weighted by molar-refractivity contribution is 0.140. The summed E-state index contributed by atoms with van der Waals surface area (Å²) in [6, 6.07) is 5.29. The van der Waals surface area contributed by atoms with E-state index in [-0.39, 0.29) is 6.04 Å². The molecule has 0 aliphatic heterocycles. The number of benzene rings is 1. The molecule has 2 nitrogen and oxygen atoms in total. The average molecular weight is 214 g/mol. The summed E-state index contributed by atoms with van der Waals surface area (Å²) in [5.41, 5.74) is 7.77. The number of aliphatic hydroxyl groups is 1. The molecule has 0 saturated carbocycles. The van der Waals surface area contributed by atoms with E-state index in [1.807, 2.05) is 32.0 Å². The molecule has 0 fully saturated rings. The highest BCUT2D eigenvalue weighted by atomic mass is 35.5. The van der Waals surface area contributed by atoms with Crippen LogP contribution in [0.15, 0.2) is 18.2 Å². The van der Waals surface area contributed by atoms with Crippen LogP contribution in [0.4, 0.5) is 0 Å². The zero-order valence-corrected chi connectivity index (χ0v) is 9.25. The molecule has 1 aromatic rings. The average Bonchev–Trinajstić information content (AvgIpc) is 2.20. The second-order valence-electron chi connectivity index (χ2n) is 3.51. The van der Waals surface area contributed by atoms with Crippen molar-refractivity contribution in [2.45, 2.75) is 32.4 Å². The van der Waals surface area contributed by atoms with Crippen LogP contribution in [0.5, 0.6) is 0 Å². The molecule has 3 N–H and O–H groups in total. The van der Waals surface area contributed by atoms with Crippen molar-refractivity contribution in [1.82, 2.24) is 0 Å². The first kappa shape index (κ1) is 11.5. The summed E-state index contributed by atoms with van der Waals surface area (Å²) < 4.78 is 0. The van der Waals surface area contributed by atoms with Crippen LogP contribution in [0.1, 0.15) is 30.5 Å². The van der Waals surface area contributed by atoms with Crippen LogP contribution >= 0.6 is 11.6 Å². The summed E-state index contributed by atoms with van der Waals surface area (Å²) in [4.78, 5) is 0. The fourth-order valence-corrected chi connectivity index (χ4v) is 1.48. The molecule has 2 atom stereocenters. The maximum atomic E-state index is 9.57. The van der Waals surface area contributed by atoms with E-state index in [1.165, 1.54) is 0 Å². The van der Waals surface area contributed by atoms with Gasteiger partial charge in [0, 0.05) is 5.02 Å². The van der Waals surface area contributed by atoms with Crippen molar-refractivity contribution in [3.63, 3.8) is 0 Å². The maximum absolute atomic E-state index is 9.57. The van der Waals surface area contributed by atoms with E-state index in [0.717, 1.165) is 11.1 Å². The van der Waals surface area contributed by atoms with Gasteiger partial charge in [-0.25, -0.2) is 0 Å². The van der Waals surface area contributed by atoms with Crippen LogP contribution in [0, 0.1) is 6.92 Å². The van der Waals surface area contributed by atoms with Crippen LogP contribution in [0.3, 0.4) is 0 Å². The molecule has 0 aliphatic rings. The molecule has 1 rings (SSSR count). The molecular weight excluding hydrogens is 198 g/mol. The van der Waals surface area contributed by atoms with Gasteiger partial charge in [-0.15, -0.1) is 0 Å². The highest BCUT2D eigenvalue weighted by Crippen LogP contribution is 2.22. The first-order chi connectivity index (χ1) is 6.56. The van der Waals surface area contributed by atoms with Gasteiger partial charge in [0.15, 0.2) is 0 Å². The Balaban J connectivity index is 2.91. The van der Waals surface area contributed by atoms with Crippen molar-refractivity contribution >= 4 is 11.6 Å². The monoisotopic (exact) mass is 213 g/mol. The summed E-state index contributed by atoms with van der Waals surface area (Å²) in [7, 11) is 0. The van der Waals surface area contributed by atoms with Gasteiger partial charge in [0.05, 0.1) is 12.1 Å². The van der Waals surface area contributed by atoms with Crippen molar-refractivity contribution in [3.05, 3.63) is 34.3 Å². The summed E-state index contributed by atoms with van der Waals surface area (Å²) >= 11 is 5.97. The van der Waals surface area contributed by atoms with Gasteiger partial charge in [-0.1, -0.05) is 30.7 Å². The molecule has 0 aliphatic carbocycles. The Morgan fingerprint density at radius 3 is 2.64 bits per heavy atom. The molecule has 0 aromatic heterocycles. The first-order valence-electron chi connectivity index (χ1n) is 4.76. The van der Waals surface area contributed by atoms with Gasteiger partial charge in [0.25, 0.3) is 0 Å². The molecule has 3 heteroatoms. The largest absolute Gasteiger partial charge is 0.391 e. The minimum Gasteiger partial charge on any atom is -0.391 e. The summed E-state index contributed by atoms with van der Waals surface area (Å²) in [6.07, 6.45) is 0.140. The highest BCUT2D eigenvalue weighted by molar-refractivity contribution is 6.31. The number of rotatable bonds is 3. The quantitative estimate of drug-likeness (QED) is 0.810. The number of aryl methyl sites for hydroxylation is 1. The molecule has 0 saturated heterocycles. The van der Waals surface area contributed by atoms with Crippen LogP contribution in [-0.2, 0) is 0 Å². The number of aliphatic hydroxyl groups excluding tert-OH is 1. The smallest absolute Gasteiger partial charge is 0.0730 e. The molecule has 0 amide bonds. The van der Waals surface area contributed by atoms with E-state index in [2.05, 4.69) is 0 Å². The van der Waals surface area contributed by atoms with Crippen LogP contribution in [-0.4, -0.2) is 11.2 Å². The highest BCUT2D eigenvalue weighted by Gasteiger charge is 2.15. The van der Waals surface area contributed by atoms with E-state index >= 15 is 0 Å². The van der Waals surface area contributed by atoms with Gasteiger partial charge in [0.1, 0.15) is 0 Å². The Morgan fingerprint density at radius 2 is 2.14 bits per heavy atom. The van der Waals surface area contributed by atoms with Gasteiger partial charge in [0.2, 0.25) is 0 Å². The van der Waals surface area contributed by atoms with Crippen LogP contribution in [0.2, 0.25) is 5.02 Å². The van der Waals surface area contributed by atoms with E-state index in [9.17, 15) is 5.11 Å². The number of hydrogen-bond acceptors (Lipinski definition) is 2. The molecule has 0 heterocycles. The van der Waals surface area contributed by atoms with Crippen molar-refractivity contribution in [2.75, 3.05) is 0 Å². The normalized spacial score (nSPS) is 15.2. The third-order valence-electron chi connectivity index (χ3n) is 2.41. The zero-order chi connectivity index (χ0) is 10.7. The van der Waals surface area contributed by atoms with Gasteiger partial charge >= 0.3 is 0 Å². The van der Waals surface area contributed by atoms with Gasteiger partial charge < -0.3 is 10.8 Å². The molecule has 0 bridgehead atoms. The number of nitrogens with two attached hydrogens (primary N) is 1. The van der Waals surface area contributed by atoms with Gasteiger partial charge in [-0.05, 0) is 30.5 Å². The fraction of sp³-hybridized carbons (Fsp3) is 0.455. The second-order valence-corrected chi connectivity index (χ2v) is 3.92. The van der Waals surface area contributed by atoms with Gasteiger partial charge in [-0.3, -0.25) is 0 Å². The minimum atomic E-state index is -0.506. The SMILES string of the molecule is CC[C@@H](O)[C@@H](N)c1ccc(C)c(Cl)c1. The standard InChI is InChI=1S/C11H16ClNO/c1-3-10(14)11(13)8-5-4-7(2)9(12)6-8/h4-6,10-11,14H,3,13H2,1-2H3/t10-,11+/m1/s1. The summed E-state index contributed by atoms with van der Waals surface area (Å²) in [5, 5.41) is 10.3. The summed E-state index contributed by atoms with van der Waals surface area (Å²) in [5.74, 6) is 0. The first-order valence-corrected chi connectivity index (χ1v) is 5.13. The molecular formula is C11H16ClNO. The topological polar surface area (TPSA) is 46.2 Å². The lowest BCUT2D eigenvalue weighted by Gasteiger charge is -2.18. The molecule has 0 unspecified atom stereocenters. The summed E-state index contributed by atoms with van der Waals surface area (Å²) in [6.45, 7) is 3.84. The molecule has 14 heavy (non-hydrogen) atoms. The predicted octanol–water partition coefficient (Wildman–Crippen LogP) is 2.42. The van der Waals surface area contributed by atoms with Gasteiger partial charge in [-0.2, -0.15) is 0 Å². The lowest BCUT2D eigenvalue weighted by Crippen LogP contribution is -2.25. The van der Waals surface area contributed by atoms with E-state index < -0.39 is 6.10 Å². The Hall–Kier alpha value is -0.570. The van der Waals surface area contributed by atoms with E-state index in [1.54, 1.807) is 0 Å². The fourth-order valence-electron chi connectivity index (χ4n) is 1.29. The Labute approximate surface area is 89.7 Å². The molecule has 0 radical (unpaired) electrons. The number of hydrogen-bond donors (Lipinski definition) is 2. The zero-order valence-electron chi connectivity index (χ0n) is 8.50. The maximum Gasteiger partial charge on any atom is 0.0730 e.